The van der Waals surface area contributed by atoms with Crippen molar-refractivity contribution in [1.29, 1.82) is 0 Å². The molecule has 1 atom stereocenters. The molecule has 0 radical (unpaired) electrons. The summed E-state index contributed by atoms with van der Waals surface area (Å²) in [6, 6.07) is -0.0586. The van der Waals surface area contributed by atoms with Crippen LogP contribution in [0.25, 0.3) is 0 Å². The summed E-state index contributed by atoms with van der Waals surface area (Å²) in [5.74, 6) is 0.747. The molecule has 5 nitrogen and oxygen atoms in total. The zero-order chi connectivity index (χ0) is 9.42. The highest BCUT2D eigenvalue weighted by Gasteiger charge is 2.29. The lowest BCUT2D eigenvalue weighted by Gasteiger charge is -2.09. The van der Waals surface area contributed by atoms with Crippen molar-refractivity contribution in [1.82, 2.24) is 9.36 Å². The van der Waals surface area contributed by atoms with Gasteiger partial charge in [-0.3, -0.25) is 9.69 Å². The van der Waals surface area contributed by atoms with E-state index in [1.165, 1.54) is 11.5 Å². The van der Waals surface area contributed by atoms with Crippen LogP contribution in [0.1, 0.15) is 12.2 Å². The molecule has 1 amide bonds. The van der Waals surface area contributed by atoms with Gasteiger partial charge in [-0.25, -0.2) is 4.98 Å². The van der Waals surface area contributed by atoms with Crippen molar-refractivity contribution in [3.8, 4) is 0 Å². The molecule has 0 aromatic carbocycles. The second-order valence-electron chi connectivity index (χ2n) is 3.09. The molecule has 2 N–H and O–H groups in total. The number of anilines is 1. The molecule has 13 heavy (non-hydrogen) atoms. The van der Waals surface area contributed by atoms with Crippen LogP contribution in [-0.2, 0) is 4.79 Å². The van der Waals surface area contributed by atoms with Crippen molar-refractivity contribution in [2.75, 3.05) is 11.4 Å². The zero-order valence-electron chi connectivity index (χ0n) is 7.23. The van der Waals surface area contributed by atoms with Crippen LogP contribution in [0.15, 0.2) is 0 Å². The molecule has 1 aliphatic heterocycles. The van der Waals surface area contributed by atoms with E-state index in [9.17, 15) is 4.79 Å². The van der Waals surface area contributed by atoms with Gasteiger partial charge in [-0.15, -0.1) is 0 Å². The van der Waals surface area contributed by atoms with Gasteiger partial charge < -0.3 is 5.73 Å². The van der Waals surface area contributed by atoms with E-state index in [1.54, 1.807) is 11.8 Å². The van der Waals surface area contributed by atoms with Crippen molar-refractivity contribution < 1.29 is 4.79 Å². The fraction of sp³-hybridized carbons (Fsp3) is 0.571. The lowest BCUT2D eigenvalue weighted by molar-refractivity contribution is -0.117. The minimum Gasteiger partial charge on any atom is -0.326 e. The largest absolute Gasteiger partial charge is 0.326 e. The standard InChI is InChI=1S/C7H10N4OS/c1-4-9-7(13-10-4)11-3-5(8)2-6(11)12/h5H,2-3,8H2,1H3. The van der Waals surface area contributed by atoms with Crippen LogP contribution in [0.4, 0.5) is 5.13 Å². The van der Waals surface area contributed by atoms with Gasteiger partial charge in [0.15, 0.2) is 0 Å². The highest BCUT2D eigenvalue weighted by Crippen LogP contribution is 2.22. The third kappa shape index (κ3) is 1.54. The second kappa shape index (κ2) is 3.04. The molecule has 0 aliphatic carbocycles. The Labute approximate surface area is 79.7 Å². The summed E-state index contributed by atoms with van der Waals surface area (Å²) in [7, 11) is 0. The van der Waals surface area contributed by atoms with Gasteiger partial charge in [0.1, 0.15) is 5.82 Å². The van der Waals surface area contributed by atoms with Crippen LogP contribution in [0.2, 0.25) is 0 Å². The average Bonchev–Trinajstić information content (AvgIpc) is 2.58. The summed E-state index contributed by atoms with van der Waals surface area (Å²) < 4.78 is 4.02. The Bertz CT molecular complexity index is 337. The maximum Gasteiger partial charge on any atom is 0.230 e. The molecule has 1 aliphatic rings. The second-order valence-corrected chi connectivity index (χ2v) is 3.82. The highest BCUT2D eigenvalue weighted by atomic mass is 32.1. The number of carbonyl (C=O) groups is 1. The van der Waals surface area contributed by atoms with E-state index in [2.05, 4.69) is 9.36 Å². The van der Waals surface area contributed by atoms with Crippen molar-refractivity contribution in [2.45, 2.75) is 19.4 Å². The third-order valence-corrected chi connectivity index (χ3v) is 2.73. The van der Waals surface area contributed by atoms with Crippen LogP contribution in [0.5, 0.6) is 0 Å². The minimum absolute atomic E-state index is 0.0450. The Morgan fingerprint density at radius 2 is 2.46 bits per heavy atom. The Balaban J connectivity index is 2.22. The van der Waals surface area contributed by atoms with E-state index in [-0.39, 0.29) is 11.9 Å². The lowest BCUT2D eigenvalue weighted by Crippen LogP contribution is -2.27. The van der Waals surface area contributed by atoms with Crippen LogP contribution < -0.4 is 10.6 Å². The summed E-state index contributed by atoms with van der Waals surface area (Å²) in [5.41, 5.74) is 5.65. The molecule has 1 aromatic rings. The topological polar surface area (TPSA) is 72.1 Å². The Morgan fingerprint density at radius 1 is 1.69 bits per heavy atom. The predicted octanol–water partition coefficient (Wildman–Crippen LogP) is -0.0895. The van der Waals surface area contributed by atoms with E-state index >= 15 is 0 Å². The van der Waals surface area contributed by atoms with Crippen molar-refractivity contribution in [2.24, 2.45) is 5.73 Å². The van der Waals surface area contributed by atoms with Crippen LogP contribution in [-0.4, -0.2) is 27.9 Å². The Morgan fingerprint density at radius 3 is 2.92 bits per heavy atom. The van der Waals surface area contributed by atoms with Crippen molar-refractivity contribution >= 4 is 22.6 Å². The van der Waals surface area contributed by atoms with E-state index in [1.807, 2.05) is 0 Å². The number of hydrogen-bond donors (Lipinski definition) is 1. The molecule has 0 saturated carbocycles. The maximum atomic E-state index is 11.4. The number of carbonyl (C=O) groups excluding carboxylic acids is 1. The van der Waals surface area contributed by atoms with E-state index < -0.39 is 0 Å². The lowest BCUT2D eigenvalue weighted by atomic mass is 10.3. The molecule has 1 unspecified atom stereocenters. The number of aryl methyl sites for hydroxylation is 1. The summed E-state index contributed by atoms with van der Waals surface area (Å²) >= 11 is 1.24. The van der Waals surface area contributed by atoms with Gasteiger partial charge in [0.25, 0.3) is 0 Å². The van der Waals surface area contributed by atoms with E-state index in [4.69, 9.17) is 5.73 Å². The third-order valence-electron chi connectivity index (χ3n) is 1.90. The maximum absolute atomic E-state index is 11.4. The first kappa shape index (κ1) is 8.58. The monoisotopic (exact) mass is 198 g/mol. The normalized spacial score (nSPS) is 22.8. The van der Waals surface area contributed by atoms with Gasteiger partial charge in [-0.2, -0.15) is 4.37 Å². The number of hydrogen-bond acceptors (Lipinski definition) is 5. The molecular formula is C7H10N4OS. The van der Waals surface area contributed by atoms with Gasteiger partial charge in [0, 0.05) is 30.5 Å². The summed E-state index contributed by atoms with van der Waals surface area (Å²) in [6.45, 7) is 2.37. The van der Waals surface area contributed by atoms with E-state index in [0.29, 0.717) is 23.9 Å². The van der Waals surface area contributed by atoms with Gasteiger partial charge in [-0.05, 0) is 6.92 Å². The minimum atomic E-state index is -0.0586. The predicted molar refractivity (Wildman–Crippen MR) is 49.6 cm³/mol. The van der Waals surface area contributed by atoms with Crippen LogP contribution in [0.3, 0.4) is 0 Å². The molecule has 6 heteroatoms. The van der Waals surface area contributed by atoms with E-state index in [0.717, 1.165) is 0 Å². The Kier molecular flexibility index (Phi) is 2.01. The fourth-order valence-corrected chi connectivity index (χ4v) is 2.02. The quantitative estimate of drug-likeness (QED) is 0.684. The zero-order valence-corrected chi connectivity index (χ0v) is 8.04. The van der Waals surface area contributed by atoms with Gasteiger partial charge in [0.2, 0.25) is 11.0 Å². The summed E-state index contributed by atoms with van der Waals surface area (Å²) in [4.78, 5) is 17.1. The van der Waals surface area contributed by atoms with Crippen LogP contribution >= 0.6 is 11.5 Å². The van der Waals surface area contributed by atoms with Crippen LogP contribution in [0, 0.1) is 6.92 Å². The number of aromatic nitrogens is 2. The highest BCUT2D eigenvalue weighted by molar-refractivity contribution is 7.09. The summed E-state index contributed by atoms with van der Waals surface area (Å²) in [6.07, 6.45) is 0.415. The average molecular weight is 198 g/mol. The number of rotatable bonds is 1. The van der Waals surface area contributed by atoms with Crippen molar-refractivity contribution in [3.63, 3.8) is 0 Å². The number of nitrogens with two attached hydrogens (primary N) is 1. The first-order valence-corrected chi connectivity index (χ1v) is 4.80. The molecule has 70 valence electrons. The van der Waals surface area contributed by atoms with Gasteiger partial charge >= 0.3 is 0 Å². The summed E-state index contributed by atoms with van der Waals surface area (Å²) in [5, 5.41) is 0.662. The first-order valence-electron chi connectivity index (χ1n) is 4.03. The van der Waals surface area contributed by atoms with Gasteiger partial charge in [0.05, 0.1) is 0 Å². The number of nitrogens with zero attached hydrogens (tertiary/aromatic N) is 3. The molecule has 2 rings (SSSR count). The fourth-order valence-electron chi connectivity index (χ4n) is 1.32. The molecule has 0 spiro atoms. The number of amides is 1. The molecule has 1 aromatic heterocycles. The molecule has 2 heterocycles. The molecular weight excluding hydrogens is 188 g/mol. The molecule has 1 saturated heterocycles. The first-order chi connectivity index (χ1) is 6.16. The molecule has 0 bridgehead atoms. The SMILES string of the molecule is Cc1nsc(N2CC(N)CC2=O)n1. The smallest absolute Gasteiger partial charge is 0.230 e. The Hall–Kier alpha value is -1.01. The van der Waals surface area contributed by atoms with Gasteiger partial charge in [-0.1, -0.05) is 0 Å². The van der Waals surface area contributed by atoms with Crippen molar-refractivity contribution in [3.05, 3.63) is 5.82 Å². The molecule has 1 fully saturated rings.